The van der Waals surface area contributed by atoms with Gasteiger partial charge in [-0.2, -0.15) is 26.3 Å². The molecule has 0 N–H and O–H groups in total. The monoisotopic (exact) mass is 670 g/mol. The predicted octanol–water partition coefficient (Wildman–Crippen LogP) is 8.46. The lowest BCUT2D eigenvalue weighted by molar-refractivity contribution is -0.143. The molecule has 1 aromatic heterocycles. The Balaban J connectivity index is 1.78. The van der Waals surface area contributed by atoms with Crippen molar-refractivity contribution in [1.29, 1.82) is 0 Å². The van der Waals surface area contributed by atoms with Gasteiger partial charge < -0.3 is 9.80 Å². The zero-order valence-electron chi connectivity index (χ0n) is 23.8. The highest BCUT2D eigenvalue weighted by atomic mass is 79.9. The van der Waals surface area contributed by atoms with E-state index in [9.17, 15) is 31.1 Å². The fourth-order valence-corrected chi connectivity index (χ4v) is 6.01. The molecule has 1 fully saturated rings. The van der Waals surface area contributed by atoms with Crippen molar-refractivity contribution in [3.63, 3.8) is 0 Å². The summed E-state index contributed by atoms with van der Waals surface area (Å²) in [5.41, 5.74) is -1.88. The average Bonchev–Trinajstić information content (AvgIpc) is 2.95. The average molecular weight is 672 g/mol. The molecular weight excluding hydrogens is 638 g/mol. The Hall–Kier alpha value is -3.15. The van der Waals surface area contributed by atoms with Crippen molar-refractivity contribution in [2.24, 2.45) is 0 Å². The maximum Gasteiger partial charge on any atom is 0.416 e. The van der Waals surface area contributed by atoms with E-state index in [4.69, 9.17) is 0 Å². The van der Waals surface area contributed by atoms with Gasteiger partial charge in [0.05, 0.1) is 15.6 Å². The predicted molar refractivity (Wildman–Crippen MR) is 155 cm³/mol. The van der Waals surface area contributed by atoms with Gasteiger partial charge in [-0.25, -0.2) is 9.97 Å². The van der Waals surface area contributed by atoms with Gasteiger partial charge in [0, 0.05) is 43.5 Å². The van der Waals surface area contributed by atoms with Crippen LogP contribution in [0.1, 0.15) is 68.2 Å². The minimum atomic E-state index is -4.96. The summed E-state index contributed by atoms with van der Waals surface area (Å²) in [6.45, 7) is 3.63. The number of alkyl halides is 6. The largest absolute Gasteiger partial charge is 0.416 e. The van der Waals surface area contributed by atoms with Crippen LogP contribution in [0.25, 0.3) is 0 Å². The molecule has 3 aromatic rings. The number of carbonyl (C=O) groups is 1. The van der Waals surface area contributed by atoms with Crippen molar-refractivity contribution in [3.8, 4) is 0 Å². The Labute approximate surface area is 255 Å². The molecule has 0 bridgehead atoms. The first-order valence-corrected chi connectivity index (χ1v) is 15.0. The number of hydrogen-bond acceptors (Lipinski definition) is 4. The van der Waals surface area contributed by atoms with Gasteiger partial charge in [-0.1, -0.05) is 44.2 Å². The summed E-state index contributed by atoms with van der Waals surface area (Å²) in [6, 6.07) is 10.5. The van der Waals surface area contributed by atoms with Crippen molar-refractivity contribution in [1.82, 2.24) is 14.9 Å². The molecule has 0 saturated carbocycles. The second-order valence-electron chi connectivity index (χ2n) is 10.8. The lowest BCUT2D eigenvalue weighted by Crippen LogP contribution is -2.57. The molecule has 0 unspecified atom stereocenters. The second-order valence-corrected chi connectivity index (χ2v) is 11.7. The minimum absolute atomic E-state index is 0.0351. The van der Waals surface area contributed by atoms with Crippen LogP contribution in [-0.4, -0.2) is 38.9 Å². The van der Waals surface area contributed by atoms with Crippen molar-refractivity contribution in [2.45, 2.75) is 89.4 Å². The summed E-state index contributed by atoms with van der Waals surface area (Å²) >= 11 is 3.29. The molecule has 43 heavy (non-hydrogen) atoms. The smallest absolute Gasteiger partial charge is 0.336 e. The van der Waals surface area contributed by atoms with Crippen LogP contribution in [-0.2, 0) is 30.1 Å². The standard InChI is InChI=1S/C31H33BrF6N4O/c1-3-8-28(43)42-25(4-2)15-26(16-27(42)13-20-9-6-5-7-10-20)41(29-39-17-24(32)18-40-29)19-21-11-22(30(33,34)35)14-23(12-21)31(36,37)38/h5-7,9-12,14,17-18,25-27H,3-4,8,13,15-16,19H2,1-2H3/t25-,26+,27+/m1/s1. The number of aromatic nitrogens is 2. The molecule has 1 amide bonds. The van der Waals surface area contributed by atoms with Crippen LogP contribution in [0.2, 0.25) is 0 Å². The third kappa shape index (κ3) is 8.27. The molecule has 1 aliphatic heterocycles. The van der Waals surface area contributed by atoms with E-state index in [1.165, 1.54) is 12.4 Å². The van der Waals surface area contributed by atoms with E-state index in [-0.39, 0.29) is 48.2 Å². The molecule has 232 valence electrons. The Kier molecular flexibility index (Phi) is 10.4. The lowest BCUT2D eigenvalue weighted by atomic mass is 9.85. The molecule has 1 saturated heterocycles. The van der Waals surface area contributed by atoms with Crippen LogP contribution >= 0.6 is 15.9 Å². The van der Waals surface area contributed by atoms with E-state index < -0.39 is 23.5 Å². The number of amides is 1. The Morgan fingerprint density at radius 1 is 0.907 bits per heavy atom. The van der Waals surface area contributed by atoms with Crippen molar-refractivity contribution in [3.05, 3.63) is 87.7 Å². The summed E-state index contributed by atoms with van der Waals surface area (Å²) in [4.78, 5) is 25.8. The van der Waals surface area contributed by atoms with Crippen LogP contribution in [0, 0.1) is 0 Å². The number of halogens is 7. The van der Waals surface area contributed by atoms with Gasteiger partial charge >= 0.3 is 12.4 Å². The highest BCUT2D eigenvalue weighted by Gasteiger charge is 2.41. The van der Waals surface area contributed by atoms with Gasteiger partial charge in [-0.05, 0) is 77.4 Å². The van der Waals surface area contributed by atoms with Gasteiger partial charge in [0.1, 0.15) is 0 Å². The Morgan fingerprint density at radius 2 is 1.49 bits per heavy atom. The summed E-state index contributed by atoms with van der Waals surface area (Å²) in [7, 11) is 0. The molecule has 1 aliphatic rings. The Bertz CT molecular complexity index is 1340. The molecule has 0 aliphatic carbocycles. The van der Waals surface area contributed by atoms with Crippen molar-refractivity contribution in [2.75, 3.05) is 4.90 Å². The van der Waals surface area contributed by atoms with Crippen molar-refractivity contribution < 1.29 is 31.1 Å². The van der Waals surface area contributed by atoms with E-state index in [0.29, 0.717) is 43.0 Å². The van der Waals surface area contributed by atoms with E-state index in [1.54, 1.807) is 4.90 Å². The van der Waals surface area contributed by atoms with Crippen molar-refractivity contribution >= 4 is 27.8 Å². The summed E-state index contributed by atoms with van der Waals surface area (Å²) in [5, 5.41) is 0. The number of likely N-dealkylation sites (tertiary alicyclic amines) is 1. The number of anilines is 1. The normalized spacial score (nSPS) is 19.4. The van der Waals surface area contributed by atoms with E-state index >= 15 is 0 Å². The van der Waals surface area contributed by atoms with Crippen LogP contribution in [0.15, 0.2) is 65.4 Å². The first-order chi connectivity index (χ1) is 20.3. The summed E-state index contributed by atoms with van der Waals surface area (Å²) in [6.07, 6.45) is -3.80. The quantitative estimate of drug-likeness (QED) is 0.214. The maximum atomic E-state index is 13.7. The van der Waals surface area contributed by atoms with Gasteiger partial charge in [-0.15, -0.1) is 0 Å². The number of benzene rings is 2. The van der Waals surface area contributed by atoms with E-state index in [1.807, 2.05) is 49.1 Å². The molecule has 2 heterocycles. The lowest BCUT2D eigenvalue weighted by Gasteiger charge is -2.48. The number of hydrogen-bond donors (Lipinski definition) is 0. The summed E-state index contributed by atoms with van der Waals surface area (Å²) in [5.74, 6) is 0.216. The number of rotatable bonds is 9. The van der Waals surface area contributed by atoms with Crippen LogP contribution < -0.4 is 4.90 Å². The molecule has 0 spiro atoms. The minimum Gasteiger partial charge on any atom is -0.336 e. The zero-order chi connectivity index (χ0) is 31.4. The highest BCUT2D eigenvalue weighted by molar-refractivity contribution is 9.10. The summed E-state index contributed by atoms with van der Waals surface area (Å²) < 4.78 is 82.7. The molecule has 12 heteroatoms. The molecule has 4 rings (SSSR count). The van der Waals surface area contributed by atoms with E-state index in [0.717, 1.165) is 17.7 Å². The highest BCUT2D eigenvalue weighted by Crippen LogP contribution is 2.38. The fraction of sp³-hybridized carbons (Fsp3) is 0.452. The van der Waals surface area contributed by atoms with Crippen LogP contribution in [0.3, 0.4) is 0 Å². The first kappa shape index (κ1) is 32.8. The zero-order valence-corrected chi connectivity index (χ0v) is 25.4. The number of nitrogens with zero attached hydrogens (tertiary/aromatic N) is 4. The van der Waals surface area contributed by atoms with E-state index in [2.05, 4.69) is 25.9 Å². The fourth-order valence-electron chi connectivity index (χ4n) is 5.81. The van der Waals surface area contributed by atoms with Gasteiger partial charge in [0.2, 0.25) is 11.9 Å². The van der Waals surface area contributed by atoms with Crippen LogP contribution in [0.5, 0.6) is 0 Å². The van der Waals surface area contributed by atoms with Gasteiger partial charge in [-0.3, -0.25) is 4.79 Å². The number of piperidine rings is 1. The molecule has 2 aromatic carbocycles. The molecule has 3 atom stereocenters. The number of carbonyl (C=O) groups excluding carboxylic acids is 1. The molecular formula is C31H33BrF6N4O. The first-order valence-electron chi connectivity index (χ1n) is 14.2. The SMILES string of the molecule is CCCC(=O)N1[C@H](CC)C[C@H](N(Cc2cc(C(F)(F)F)cc(C(F)(F)F)c2)c2ncc(Br)cn2)C[C@@H]1Cc1ccccc1. The molecule has 0 radical (unpaired) electrons. The third-order valence-corrected chi connectivity index (χ3v) is 8.13. The topological polar surface area (TPSA) is 49.3 Å². The maximum absolute atomic E-state index is 13.7. The van der Waals surface area contributed by atoms with Crippen LogP contribution in [0.4, 0.5) is 32.3 Å². The third-order valence-electron chi connectivity index (χ3n) is 7.72. The van der Waals surface area contributed by atoms with Gasteiger partial charge in [0.15, 0.2) is 0 Å². The second kappa shape index (κ2) is 13.7. The molecule has 5 nitrogen and oxygen atoms in total. The van der Waals surface area contributed by atoms with Gasteiger partial charge in [0.25, 0.3) is 0 Å². The Morgan fingerprint density at radius 3 is 2.02 bits per heavy atom.